The molecule has 0 fully saturated rings. The van der Waals surface area contributed by atoms with E-state index in [1.807, 2.05) is 36.4 Å². The zero-order chi connectivity index (χ0) is 14.3. The van der Waals surface area contributed by atoms with Gasteiger partial charge in [0.15, 0.2) is 4.77 Å². The second kappa shape index (κ2) is 5.35. The van der Waals surface area contributed by atoms with Crippen molar-refractivity contribution < 1.29 is 0 Å². The van der Waals surface area contributed by atoms with E-state index in [0.29, 0.717) is 0 Å². The number of aromatic amines is 1. The van der Waals surface area contributed by atoms with E-state index in [1.54, 1.807) is 0 Å². The largest absolute Gasteiger partial charge is 0.331 e. The number of fused-ring (bicyclic) bond motifs is 1. The number of rotatable bonds is 2. The SMILES string of the molecule is CC(c1ccc(Cl)cc1)n1c(=S)[nH]c2cc(Br)ccc21. The number of nitrogens with zero attached hydrogens (tertiary/aromatic N) is 1. The van der Waals surface area contributed by atoms with Crippen LogP contribution in [-0.2, 0) is 0 Å². The summed E-state index contributed by atoms with van der Waals surface area (Å²) >= 11 is 14.9. The summed E-state index contributed by atoms with van der Waals surface area (Å²) in [6, 6.07) is 14.2. The number of hydrogen-bond donors (Lipinski definition) is 1. The van der Waals surface area contributed by atoms with Gasteiger partial charge in [-0.25, -0.2) is 0 Å². The molecule has 1 heterocycles. The third-order valence-electron chi connectivity index (χ3n) is 3.42. The van der Waals surface area contributed by atoms with Crippen molar-refractivity contribution in [3.8, 4) is 0 Å². The fraction of sp³-hybridized carbons (Fsp3) is 0.133. The molecule has 0 amide bonds. The van der Waals surface area contributed by atoms with E-state index in [9.17, 15) is 0 Å². The number of imidazole rings is 1. The molecule has 0 saturated heterocycles. The van der Waals surface area contributed by atoms with Crippen LogP contribution in [-0.4, -0.2) is 9.55 Å². The lowest BCUT2D eigenvalue weighted by atomic mass is 10.1. The molecule has 0 spiro atoms. The Morgan fingerprint density at radius 2 is 1.90 bits per heavy atom. The first kappa shape index (κ1) is 13.9. The van der Waals surface area contributed by atoms with Crippen LogP contribution in [0.3, 0.4) is 0 Å². The maximum Gasteiger partial charge on any atom is 0.178 e. The van der Waals surface area contributed by atoms with Crippen LogP contribution in [0.4, 0.5) is 0 Å². The summed E-state index contributed by atoms with van der Waals surface area (Å²) in [4.78, 5) is 3.25. The first-order valence-electron chi connectivity index (χ1n) is 6.21. The molecular formula is C15H12BrClN2S. The number of benzene rings is 2. The minimum atomic E-state index is 0.148. The lowest BCUT2D eigenvalue weighted by Crippen LogP contribution is -2.06. The van der Waals surface area contributed by atoms with Gasteiger partial charge in [-0.1, -0.05) is 39.7 Å². The second-order valence-corrected chi connectivity index (χ2v) is 6.43. The van der Waals surface area contributed by atoms with Crippen LogP contribution in [0.1, 0.15) is 18.5 Å². The van der Waals surface area contributed by atoms with E-state index in [2.05, 4.69) is 38.5 Å². The molecule has 0 radical (unpaired) electrons. The number of halogens is 2. The lowest BCUT2D eigenvalue weighted by molar-refractivity contribution is 0.649. The number of aromatic nitrogens is 2. The molecule has 0 bridgehead atoms. The zero-order valence-corrected chi connectivity index (χ0v) is 13.9. The van der Waals surface area contributed by atoms with Gasteiger partial charge in [0.1, 0.15) is 0 Å². The van der Waals surface area contributed by atoms with E-state index >= 15 is 0 Å². The van der Waals surface area contributed by atoms with Crippen molar-refractivity contribution in [3.05, 3.63) is 62.3 Å². The maximum atomic E-state index is 5.95. The normalized spacial score (nSPS) is 12.8. The van der Waals surface area contributed by atoms with Crippen molar-refractivity contribution in [1.29, 1.82) is 0 Å². The van der Waals surface area contributed by atoms with Crippen molar-refractivity contribution in [2.45, 2.75) is 13.0 Å². The maximum absolute atomic E-state index is 5.95. The summed E-state index contributed by atoms with van der Waals surface area (Å²) in [5.74, 6) is 0. The summed E-state index contributed by atoms with van der Waals surface area (Å²) in [5.41, 5.74) is 3.31. The van der Waals surface area contributed by atoms with Crippen LogP contribution in [0.2, 0.25) is 5.02 Å². The van der Waals surface area contributed by atoms with Crippen LogP contribution in [0.5, 0.6) is 0 Å². The summed E-state index contributed by atoms with van der Waals surface area (Å²) in [6.45, 7) is 2.13. The average Bonchev–Trinajstić information content (AvgIpc) is 2.73. The smallest absolute Gasteiger partial charge is 0.178 e. The quantitative estimate of drug-likeness (QED) is 0.574. The Kier molecular flexibility index (Phi) is 3.71. The summed E-state index contributed by atoms with van der Waals surface area (Å²) < 4.78 is 3.88. The molecule has 2 nitrogen and oxygen atoms in total. The van der Waals surface area contributed by atoms with E-state index in [0.717, 1.165) is 25.3 Å². The first-order chi connectivity index (χ1) is 9.56. The van der Waals surface area contributed by atoms with Crippen LogP contribution < -0.4 is 0 Å². The number of hydrogen-bond acceptors (Lipinski definition) is 1. The van der Waals surface area contributed by atoms with Gasteiger partial charge < -0.3 is 9.55 Å². The monoisotopic (exact) mass is 366 g/mol. The molecule has 1 unspecified atom stereocenters. The van der Waals surface area contributed by atoms with Gasteiger partial charge in [0.05, 0.1) is 17.1 Å². The van der Waals surface area contributed by atoms with Crippen LogP contribution in [0, 0.1) is 4.77 Å². The first-order valence-corrected chi connectivity index (χ1v) is 7.79. The highest BCUT2D eigenvalue weighted by Gasteiger charge is 2.13. The van der Waals surface area contributed by atoms with E-state index in [1.165, 1.54) is 5.56 Å². The van der Waals surface area contributed by atoms with Gasteiger partial charge in [-0.3, -0.25) is 0 Å². The van der Waals surface area contributed by atoms with Crippen LogP contribution >= 0.6 is 39.7 Å². The van der Waals surface area contributed by atoms with Crippen molar-refractivity contribution in [1.82, 2.24) is 9.55 Å². The molecule has 3 rings (SSSR count). The molecule has 1 N–H and O–H groups in total. The third kappa shape index (κ3) is 2.43. The van der Waals surface area contributed by atoms with Crippen molar-refractivity contribution >= 4 is 50.8 Å². The molecule has 2 aromatic carbocycles. The molecule has 0 aliphatic carbocycles. The highest BCUT2D eigenvalue weighted by Crippen LogP contribution is 2.27. The molecule has 1 atom stereocenters. The Bertz CT molecular complexity index is 820. The van der Waals surface area contributed by atoms with Crippen molar-refractivity contribution in [2.75, 3.05) is 0 Å². The molecule has 1 aromatic heterocycles. The predicted molar refractivity (Wildman–Crippen MR) is 90.1 cm³/mol. The Morgan fingerprint density at radius 1 is 1.20 bits per heavy atom. The van der Waals surface area contributed by atoms with Crippen molar-refractivity contribution in [2.24, 2.45) is 0 Å². The molecule has 5 heteroatoms. The summed E-state index contributed by atoms with van der Waals surface area (Å²) in [7, 11) is 0. The molecule has 0 aliphatic rings. The van der Waals surface area contributed by atoms with Gasteiger partial charge in [-0.05, 0) is 55.0 Å². The summed E-state index contributed by atoms with van der Waals surface area (Å²) in [5, 5.41) is 0.743. The average molecular weight is 368 g/mol. The molecule has 0 aliphatic heterocycles. The van der Waals surface area contributed by atoms with Gasteiger partial charge in [0.25, 0.3) is 0 Å². The Labute approximate surface area is 135 Å². The Balaban J connectivity index is 2.16. The standard InChI is InChI=1S/C15H12BrClN2S/c1-9(10-2-5-12(17)6-3-10)19-14-7-4-11(16)8-13(14)18-15(19)20/h2-9H,1H3,(H,18,20). The molecule has 20 heavy (non-hydrogen) atoms. The molecular weight excluding hydrogens is 356 g/mol. The zero-order valence-electron chi connectivity index (χ0n) is 10.7. The topological polar surface area (TPSA) is 20.7 Å². The lowest BCUT2D eigenvalue weighted by Gasteiger charge is -2.15. The van der Waals surface area contributed by atoms with Gasteiger partial charge in [-0.15, -0.1) is 0 Å². The van der Waals surface area contributed by atoms with Crippen LogP contribution in [0.25, 0.3) is 11.0 Å². The van der Waals surface area contributed by atoms with Gasteiger partial charge >= 0.3 is 0 Å². The van der Waals surface area contributed by atoms with Gasteiger partial charge in [0.2, 0.25) is 0 Å². The van der Waals surface area contributed by atoms with Gasteiger partial charge in [0, 0.05) is 9.50 Å². The molecule has 102 valence electrons. The Morgan fingerprint density at radius 3 is 2.60 bits per heavy atom. The van der Waals surface area contributed by atoms with E-state index in [4.69, 9.17) is 23.8 Å². The third-order valence-corrected chi connectivity index (χ3v) is 4.46. The fourth-order valence-electron chi connectivity index (χ4n) is 2.38. The minimum absolute atomic E-state index is 0.148. The van der Waals surface area contributed by atoms with E-state index in [-0.39, 0.29) is 6.04 Å². The second-order valence-electron chi connectivity index (χ2n) is 4.69. The predicted octanol–water partition coefficient (Wildman–Crippen LogP) is 5.72. The van der Waals surface area contributed by atoms with E-state index < -0.39 is 0 Å². The minimum Gasteiger partial charge on any atom is -0.331 e. The highest BCUT2D eigenvalue weighted by atomic mass is 79.9. The number of nitrogens with one attached hydrogen (secondary N) is 1. The highest BCUT2D eigenvalue weighted by molar-refractivity contribution is 9.10. The fourth-order valence-corrected chi connectivity index (χ4v) is 3.23. The Hall–Kier alpha value is -1.10. The number of H-pyrrole nitrogens is 1. The van der Waals surface area contributed by atoms with Crippen LogP contribution in [0.15, 0.2) is 46.9 Å². The van der Waals surface area contributed by atoms with Crippen molar-refractivity contribution in [3.63, 3.8) is 0 Å². The molecule has 0 saturated carbocycles. The summed E-state index contributed by atoms with van der Waals surface area (Å²) in [6.07, 6.45) is 0. The van der Waals surface area contributed by atoms with Gasteiger partial charge in [-0.2, -0.15) is 0 Å². The molecule has 3 aromatic rings.